The molecule has 0 spiro atoms. The van der Waals surface area contributed by atoms with Crippen LogP contribution in [0, 0.1) is 0 Å². The van der Waals surface area contributed by atoms with Gasteiger partial charge in [-0.2, -0.15) is 0 Å². The number of carbonyl (C=O) groups is 5. The Kier molecular flexibility index (Phi) is 11.1. The number of nitrogens with two attached hydrogens (primary N) is 1. The summed E-state index contributed by atoms with van der Waals surface area (Å²) in [6, 6.07) is 2.42. The van der Waals surface area contributed by atoms with Gasteiger partial charge >= 0.3 is 29.5 Å². The van der Waals surface area contributed by atoms with Gasteiger partial charge in [-0.15, -0.1) is 11.8 Å². The van der Waals surface area contributed by atoms with E-state index in [1.165, 1.54) is 18.7 Å². The van der Waals surface area contributed by atoms with Gasteiger partial charge in [-0.25, -0.2) is 19.1 Å². The molecule has 3 aromatic heterocycles. The number of carboxylic acid groups (broad SMARTS) is 3. The number of thiazole rings is 1. The van der Waals surface area contributed by atoms with Crippen molar-refractivity contribution >= 4 is 92.4 Å². The number of imidazole rings is 1. The molecule has 0 bridgehead atoms. The largest absolute Gasteiger partial charge is 0.480 e. The number of aryl methyl sites for hydroxylation is 1. The standard InChI is InChI=1S/C28H31ClN10O9S2/c1-12(25(44)45)48-36-17(16-20(29)50-27(30)34-16)22(42)33-18-23(43)39-19(26(46)47)13(11-49-24(18)39)10-37-7-3-5-14-21(37)35-28(32-9-15(40)41)38(14)8-4-6-31-2/h3,5,7,12,18,24,31H,4,6,8-11H2,1-2H3,(H6,30,33,34,40,41,42,44,45,46,47)/p+1/b36-17-/t12-,18?,24?/m0/s1. The van der Waals surface area contributed by atoms with Gasteiger partial charge in [0, 0.05) is 17.9 Å². The zero-order valence-electron chi connectivity index (χ0n) is 26.5. The van der Waals surface area contributed by atoms with Crippen LogP contribution < -0.4 is 26.3 Å². The molecule has 3 aromatic rings. The van der Waals surface area contributed by atoms with Crippen molar-refractivity contribution in [3.05, 3.63) is 39.6 Å². The monoisotopic (exact) mass is 751 g/mol. The normalized spacial score (nSPS) is 18.0. The molecule has 1 saturated heterocycles. The van der Waals surface area contributed by atoms with Crippen molar-refractivity contribution in [1.29, 1.82) is 0 Å². The predicted octanol–water partition coefficient (Wildman–Crippen LogP) is -0.245. The van der Waals surface area contributed by atoms with Crippen molar-refractivity contribution in [3.8, 4) is 0 Å². The van der Waals surface area contributed by atoms with Gasteiger partial charge in [0.05, 0.1) is 6.20 Å². The van der Waals surface area contributed by atoms with E-state index in [9.17, 15) is 34.2 Å². The number of hydrogen-bond donors (Lipinski definition) is 7. The summed E-state index contributed by atoms with van der Waals surface area (Å²) in [6.45, 7) is 2.11. The molecular weight excluding hydrogens is 720 g/mol. The maximum atomic E-state index is 13.5. The molecule has 1 fully saturated rings. The number of aliphatic carboxylic acids is 3. The lowest BCUT2D eigenvalue weighted by molar-refractivity contribution is -0.664. The quantitative estimate of drug-likeness (QED) is 0.0327. The van der Waals surface area contributed by atoms with Gasteiger partial charge in [-0.1, -0.05) is 28.1 Å². The molecule has 266 valence electrons. The summed E-state index contributed by atoms with van der Waals surface area (Å²) in [6.07, 6.45) is 1.00. The predicted molar refractivity (Wildman–Crippen MR) is 181 cm³/mol. The van der Waals surface area contributed by atoms with Crippen LogP contribution in [0.15, 0.2) is 34.8 Å². The van der Waals surface area contributed by atoms with E-state index >= 15 is 0 Å². The minimum Gasteiger partial charge on any atom is -0.480 e. The highest BCUT2D eigenvalue weighted by molar-refractivity contribution is 8.00. The van der Waals surface area contributed by atoms with E-state index in [-0.39, 0.29) is 39.7 Å². The van der Waals surface area contributed by atoms with E-state index in [4.69, 9.17) is 27.3 Å². The average molecular weight is 752 g/mol. The zero-order valence-corrected chi connectivity index (χ0v) is 28.8. The summed E-state index contributed by atoms with van der Waals surface area (Å²) >= 11 is 8.25. The lowest BCUT2D eigenvalue weighted by Crippen LogP contribution is -2.71. The number of nitrogens with zero attached hydrogens (tertiary/aromatic N) is 6. The SMILES string of the molecule is CNCCCn1c(NCC(=O)O)nc2c1ccc[n+]2CC1=C(C(=O)O)N2C(=O)C(NC(=O)/C(=N\O[C@@H](C)C(=O)O)c3nc(N)sc3Cl)C2SC1. The molecule has 19 nitrogen and oxygen atoms in total. The van der Waals surface area contributed by atoms with Crippen LogP contribution in [0.1, 0.15) is 19.0 Å². The summed E-state index contributed by atoms with van der Waals surface area (Å²) < 4.78 is 3.55. The Labute approximate surface area is 296 Å². The fourth-order valence-corrected chi connectivity index (χ4v) is 7.51. The van der Waals surface area contributed by atoms with Gasteiger partial charge in [-0.3, -0.25) is 23.9 Å². The van der Waals surface area contributed by atoms with Crippen molar-refractivity contribution in [2.75, 3.05) is 36.9 Å². The Bertz CT molecular complexity index is 1930. The van der Waals surface area contributed by atoms with Gasteiger partial charge < -0.3 is 41.8 Å². The number of β-lactam (4-membered cyclic amide) rings is 1. The Balaban J connectivity index is 1.40. The third-order valence-corrected chi connectivity index (χ3v) is 10.00. The minimum absolute atomic E-state index is 0.00356. The van der Waals surface area contributed by atoms with Gasteiger partial charge in [0.1, 0.15) is 45.7 Å². The third-order valence-electron chi connectivity index (χ3n) is 7.57. The highest BCUT2D eigenvalue weighted by atomic mass is 35.5. The van der Waals surface area contributed by atoms with Gasteiger partial charge in [0.25, 0.3) is 11.8 Å². The van der Waals surface area contributed by atoms with E-state index < -0.39 is 53.0 Å². The van der Waals surface area contributed by atoms with E-state index in [0.717, 1.165) is 22.7 Å². The van der Waals surface area contributed by atoms with Gasteiger partial charge in [-0.05, 0) is 44.1 Å². The summed E-state index contributed by atoms with van der Waals surface area (Å²) in [5, 5.41) is 39.9. The molecule has 2 unspecified atom stereocenters. The smallest absolute Gasteiger partial charge is 0.352 e. The van der Waals surface area contributed by atoms with Crippen LogP contribution >= 0.6 is 34.7 Å². The first-order valence-corrected chi connectivity index (χ1v) is 17.1. The molecule has 5 rings (SSSR count). The number of thioether (sulfide) groups is 1. The second-order valence-corrected chi connectivity index (χ2v) is 13.7. The number of fused-ring (bicyclic) bond motifs is 2. The Morgan fingerprint density at radius 2 is 2.02 bits per heavy atom. The number of anilines is 2. The lowest BCUT2D eigenvalue weighted by Gasteiger charge is -2.49. The first-order valence-electron chi connectivity index (χ1n) is 14.9. The van der Waals surface area contributed by atoms with Crippen LogP contribution in [-0.4, -0.2) is 114 Å². The summed E-state index contributed by atoms with van der Waals surface area (Å²) in [4.78, 5) is 76.6. The van der Waals surface area contributed by atoms with Crippen molar-refractivity contribution in [1.82, 2.24) is 30.1 Å². The Morgan fingerprint density at radius 3 is 2.66 bits per heavy atom. The van der Waals surface area contributed by atoms with E-state index in [1.54, 1.807) is 16.8 Å². The first-order chi connectivity index (χ1) is 23.8. The van der Waals surface area contributed by atoms with Crippen LogP contribution in [0.4, 0.5) is 11.1 Å². The molecule has 3 atom stereocenters. The third kappa shape index (κ3) is 7.44. The average Bonchev–Trinajstić information content (AvgIpc) is 3.60. The maximum Gasteiger partial charge on any atom is 0.352 e. The highest BCUT2D eigenvalue weighted by Gasteiger charge is 2.54. The molecule has 0 saturated carbocycles. The molecule has 50 heavy (non-hydrogen) atoms. The molecule has 2 aliphatic heterocycles. The minimum atomic E-state index is -1.44. The lowest BCUT2D eigenvalue weighted by atomic mass is 10.0. The van der Waals surface area contributed by atoms with Crippen molar-refractivity contribution in [2.45, 2.75) is 44.0 Å². The Hall–Kier alpha value is -4.99. The number of nitrogens with one attached hydrogen (secondary N) is 3. The van der Waals surface area contributed by atoms with Crippen LogP contribution in [0.25, 0.3) is 11.2 Å². The number of carbonyl (C=O) groups excluding carboxylic acids is 2. The number of pyridine rings is 1. The fraction of sp³-hybridized carbons (Fsp3) is 0.393. The maximum absolute atomic E-state index is 13.5. The molecule has 22 heteroatoms. The number of halogens is 1. The topological polar surface area (TPSA) is 268 Å². The van der Waals surface area contributed by atoms with E-state index in [1.807, 2.05) is 17.7 Å². The summed E-state index contributed by atoms with van der Waals surface area (Å²) in [5.41, 5.74) is 6.33. The van der Waals surface area contributed by atoms with Gasteiger partial charge in [0.15, 0.2) is 10.8 Å². The number of hydrogen-bond acceptors (Lipinski definition) is 14. The number of nitrogen functional groups attached to an aromatic ring is 1. The Morgan fingerprint density at radius 1 is 1.26 bits per heavy atom. The zero-order chi connectivity index (χ0) is 36.3. The molecule has 2 aliphatic rings. The molecular formula is C28H32ClN10O9S2+. The number of carboxylic acids is 3. The van der Waals surface area contributed by atoms with Crippen molar-refractivity contribution < 1.29 is 48.7 Å². The van der Waals surface area contributed by atoms with Crippen LogP contribution in [0.2, 0.25) is 4.34 Å². The second-order valence-electron chi connectivity index (χ2n) is 11.0. The first kappa shape index (κ1) is 36.3. The van der Waals surface area contributed by atoms with Crippen LogP contribution in [0.5, 0.6) is 0 Å². The molecule has 0 aliphatic carbocycles. The molecule has 0 aromatic carbocycles. The second kappa shape index (κ2) is 15.3. The molecule has 0 radical (unpaired) electrons. The molecule has 5 heterocycles. The highest BCUT2D eigenvalue weighted by Crippen LogP contribution is 2.40. The van der Waals surface area contributed by atoms with E-state index in [0.29, 0.717) is 35.8 Å². The number of rotatable bonds is 16. The fourth-order valence-electron chi connectivity index (χ4n) is 5.25. The molecule has 2 amide bonds. The molecule has 8 N–H and O–H groups in total. The van der Waals surface area contributed by atoms with Gasteiger partial charge in [0.2, 0.25) is 6.10 Å². The van der Waals surface area contributed by atoms with Crippen molar-refractivity contribution in [2.24, 2.45) is 5.16 Å². The van der Waals surface area contributed by atoms with Crippen molar-refractivity contribution in [3.63, 3.8) is 0 Å². The number of aromatic nitrogens is 4. The number of oxime groups is 1. The number of amides is 2. The van der Waals surface area contributed by atoms with Crippen LogP contribution in [-0.2, 0) is 41.9 Å². The van der Waals surface area contributed by atoms with E-state index in [2.05, 4.69) is 31.1 Å². The summed E-state index contributed by atoms with van der Waals surface area (Å²) in [7, 11) is 1.82. The summed E-state index contributed by atoms with van der Waals surface area (Å²) in [5.74, 6) is -4.93. The van der Waals surface area contributed by atoms with Crippen LogP contribution in [0.3, 0.4) is 0 Å².